The van der Waals surface area contributed by atoms with Crippen molar-refractivity contribution in [1.82, 2.24) is 10.3 Å². The monoisotopic (exact) mass is 286 g/mol. The van der Waals surface area contributed by atoms with Gasteiger partial charge in [-0.05, 0) is 31.2 Å². The number of nitrogens with zero attached hydrogens (tertiary/aromatic N) is 1. The molecular weight excluding hydrogens is 260 g/mol. The molecule has 1 heterocycles. The van der Waals surface area contributed by atoms with Crippen LogP contribution in [0.4, 0.5) is 0 Å². The van der Waals surface area contributed by atoms with Crippen molar-refractivity contribution in [1.29, 1.82) is 0 Å². The van der Waals surface area contributed by atoms with Crippen molar-refractivity contribution in [2.75, 3.05) is 0 Å². The highest BCUT2D eigenvalue weighted by atomic mass is 16.4. The molecule has 1 aromatic carbocycles. The Labute approximate surface area is 127 Å². The number of benzene rings is 1. The van der Waals surface area contributed by atoms with Gasteiger partial charge in [0.05, 0.1) is 12.2 Å². The van der Waals surface area contributed by atoms with Crippen molar-refractivity contribution in [3.63, 3.8) is 0 Å². The van der Waals surface area contributed by atoms with Gasteiger partial charge in [0, 0.05) is 6.04 Å². The first-order valence-electron chi connectivity index (χ1n) is 7.58. The van der Waals surface area contributed by atoms with Crippen LogP contribution in [-0.4, -0.2) is 4.98 Å². The van der Waals surface area contributed by atoms with Crippen LogP contribution in [0.2, 0.25) is 0 Å². The van der Waals surface area contributed by atoms with E-state index in [0.717, 1.165) is 18.1 Å². The fraction of sp³-hybridized carbons (Fsp3) is 0.500. The summed E-state index contributed by atoms with van der Waals surface area (Å²) in [4.78, 5) is 4.33. The van der Waals surface area contributed by atoms with E-state index in [0.29, 0.717) is 0 Å². The van der Waals surface area contributed by atoms with Gasteiger partial charge in [0.15, 0.2) is 0 Å². The molecule has 1 N–H and O–H groups in total. The van der Waals surface area contributed by atoms with E-state index in [2.05, 4.69) is 68.3 Å². The van der Waals surface area contributed by atoms with Gasteiger partial charge in [0.25, 0.3) is 0 Å². The first-order valence-corrected chi connectivity index (χ1v) is 7.58. The molecule has 0 spiro atoms. The summed E-state index contributed by atoms with van der Waals surface area (Å²) in [6.45, 7) is 10.8. The zero-order valence-electron chi connectivity index (χ0n) is 13.7. The number of hydrogen-bond acceptors (Lipinski definition) is 3. The molecule has 0 saturated carbocycles. The normalized spacial score (nSPS) is 14.9. The summed E-state index contributed by atoms with van der Waals surface area (Å²) in [5.41, 5.74) is 1.56. The van der Waals surface area contributed by atoms with E-state index in [1.54, 1.807) is 6.20 Å². The second kappa shape index (κ2) is 6.44. The molecule has 0 aliphatic carbocycles. The van der Waals surface area contributed by atoms with Gasteiger partial charge in [-0.2, -0.15) is 0 Å². The van der Waals surface area contributed by atoms with Crippen LogP contribution in [0, 0.1) is 12.3 Å². The number of nitrogens with one attached hydrogen (secondary N) is 1. The molecule has 3 nitrogen and oxygen atoms in total. The van der Waals surface area contributed by atoms with Crippen molar-refractivity contribution >= 4 is 0 Å². The Morgan fingerprint density at radius 3 is 2.38 bits per heavy atom. The maximum Gasteiger partial charge on any atom is 0.211 e. The minimum atomic E-state index is 0.0891. The molecular formula is C18H26N2O. The summed E-state index contributed by atoms with van der Waals surface area (Å²) in [7, 11) is 0. The lowest BCUT2D eigenvalue weighted by molar-refractivity contribution is 0.282. The molecule has 1 aromatic heterocycles. The Hall–Kier alpha value is -1.61. The van der Waals surface area contributed by atoms with Crippen LogP contribution in [0.5, 0.6) is 0 Å². The van der Waals surface area contributed by atoms with E-state index in [-0.39, 0.29) is 17.5 Å². The van der Waals surface area contributed by atoms with E-state index >= 15 is 0 Å². The van der Waals surface area contributed by atoms with Gasteiger partial charge in [-0.25, -0.2) is 4.98 Å². The SMILES string of the molecule is Cc1cnc(C(C)NC(CC(C)(C)C)c2ccccc2)o1. The van der Waals surface area contributed by atoms with Gasteiger partial charge in [-0.15, -0.1) is 0 Å². The molecule has 0 saturated heterocycles. The summed E-state index contributed by atoms with van der Waals surface area (Å²) in [5.74, 6) is 1.60. The minimum Gasteiger partial charge on any atom is -0.444 e. The first-order chi connectivity index (χ1) is 9.85. The van der Waals surface area contributed by atoms with Gasteiger partial charge < -0.3 is 4.42 Å². The van der Waals surface area contributed by atoms with Crippen LogP contribution in [0.25, 0.3) is 0 Å². The Bertz CT molecular complexity index is 554. The Morgan fingerprint density at radius 2 is 1.86 bits per heavy atom. The zero-order valence-corrected chi connectivity index (χ0v) is 13.7. The summed E-state index contributed by atoms with van der Waals surface area (Å²) >= 11 is 0. The van der Waals surface area contributed by atoms with E-state index in [9.17, 15) is 0 Å². The highest BCUT2D eigenvalue weighted by Gasteiger charge is 2.23. The molecule has 0 radical (unpaired) electrons. The second-order valence-corrected chi connectivity index (χ2v) is 6.93. The van der Waals surface area contributed by atoms with Crippen molar-refractivity contribution in [3.8, 4) is 0 Å². The molecule has 21 heavy (non-hydrogen) atoms. The topological polar surface area (TPSA) is 38.1 Å². The Kier molecular flexibility index (Phi) is 4.84. The van der Waals surface area contributed by atoms with Crippen molar-refractivity contribution in [2.45, 2.75) is 53.1 Å². The number of oxazole rings is 1. The maximum atomic E-state index is 5.64. The molecule has 0 bridgehead atoms. The standard InChI is InChI=1S/C18H26N2O/c1-13-12-19-17(21-13)14(2)20-16(11-18(3,4)5)15-9-7-6-8-10-15/h6-10,12,14,16,20H,11H2,1-5H3. The summed E-state index contributed by atoms with van der Waals surface area (Å²) in [5, 5.41) is 3.66. The predicted octanol–water partition coefficient (Wildman–Crippen LogP) is 4.81. The molecule has 0 aliphatic rings. The van der Waals surface area contributed by atoms with Crippen molar-refractivity contribution in [2.24, 2.45) is 5.41 Å². The van der Waals surface area contributed by atoms with E-state index < -0.39 is 0 Å². The Balaban J connectivity index is 2.16. The van der Waals surface area contributed by atoms with E-state index in [1.165, 1.54) is 5.56 Å². The molecule has 2 atom stereocenters. The third kappa shape index (κ3) is 4.71. The quantitative estimate of drug-likeness (QED) is 0.857. The van der Waals surface area contributed by atoms with Crippen LogP contribution in [0.1, 0.15) is 63.4 Å². The first kappa shape index (κ1) is 15.8. The molecule has 0 aliphatic heterocycles. The molecule has 0 fully saturated rings. The molecule has 2 rings (SSSR count). The number of aromatic nitrogens is 1. The lowest BCUT2D eigenvalue weighted by Crippen LogP contribution is -2.28. The summed E-state index contributed by atoms with van der Waals surface area (Å²) in [6.07, 6.45) is 2.83. The van der Waals surface area contributed by atoms with Gasteiger partial charge in [0.2, 0.25) is 5.89 Å². The van der Waals surface area contributed by atoms with Crippen molar-refractivity contribution in [3.05, 3.63) is 53.7 Å². The Morgan fingerprint density at radius 1 is 1.19 bits per heavy atom. The van der Waals surface area contributed by atoms with Crippen molar-refractivity contribution < 1.29 is 4.42 Å². The number of aryl methyl sites for hydroxylation is 1. The summed E-state index contributed by atoms with van der Waals surface area (Å²) < 4.78 is 5.64. The number of hydrogen-bond donors (Lipinski definition) is 1. The molecule has 2 unspecified atom stereocenters. The van der Waals surface area contributed by atoms with E-state index in [4.69, 9.17) is 4.42 Å². The molecule has 114 valence electrons. The average Bonchev–Trinajstić information content (AvgIpc) is 2.84. The van der Waals surface area contributed by atoms with Crippen LogP contribution in [0.15, 0.2) is 40.9 Å². The smallest absolute Gasteiger partial charge is 0.211 e. The molecule has 3 heteroatoms. The maximum absolute atomic E-state index is 5.64. The van der Waals surface area contributed by atoms with Crippen LogP contribution >= 0.6 is 0 Å². The fourth-order valence-corrected chi connectivity index (χ4v) is 2.52. The average molecular weight is 286 g/mol. The molecule has 0 amide bonds. The van der Waals surface area contributed by atoms with Crippen LogP contribution < -0.4 is 5.32 Å². The second-order valence-electron chi connectivity index (χ2n) is 6.93. The lowest BCUT2D eigenvalue weighted by atomic mass is 9.85. The summed E-state index contributed by atoms with van der Waals surface area (Å²) in [6, 6.07) is 11.0. The van der Waals surface area contributed by atoms with E-state index in [1.807, 2.05) is 6.92 Å². The molecule has 2 aromatic rings. The van der Waals surface area contributed by atoms with Gasteiger partial charge in [-0.3, -0.25) is 5.32 Å². The predicted molar refractivity (Wildman–Crippen MR) is 86.0 cm³/mol. The lowest BCUT2D eigenvalue weighted by Gasteiger charge is -2.29. The fourth-order valence-electron chi connectivity index (χ4n) is 2.52. The van der Waals surface area contributed by atoms with Crippen LogP contribution in [-0.2, 0) is 0 Å². The van der Waals surface area contributed by atoms with Gasteiger partial charge in [-0.1, -0.05) is 51.1 Å². The third-order valence-electron chi connectivity index (χ3n) is 3.48. The minimum absolute atomic E-state index is 0.0891. The number of rotatable bonds is 5. The van der Waals surface area contributed by atoms with Crippen LogP contribution in [0.3, 0.4) is 0 Å². The zero-order chi connectivity index (χ0) is 15.5. The van der Waals surface area contributed by atoms with Gasteiger partial charge in [0.1, 0.15) is 5.76 Å². The largest absolute Gasteiger partial charge is 0.444 e. The highest BCUT2D eigenvalue weighted by Crippen LogP contribution is 2.31. The highest BCUT2D eigenvalue weighted by molar-refractivity contribution is 5.19. The van der Waals surface area contributed by atoms with Gasteiger partial charge >= 0.3 is 0 Å². The third-order valence-corrected chi connectivity index (χ3v) is 3.48.